The molecule has 0 saturated heterocycles. The first-order chi connectivity index (χ1) is 7.70. The SMILES string of the molecule is NNC(c1cccc(F)c1)c1ccc(Br)s1. The largest absolute Gasteiger partial charge is 0.271 e. The van der Waals surface area contributed by atoms with Gasteiger partial charge in [-0.2, -0.15) is 0 Å². The van der Waals surface area contributed by atoms with Gasteiger partial charge < -0.3 is 0 Å². The molecular weight excluding hydrogens is 291 g/mol. The highest BCUT2D eigenvalue weighted by Gasteiger charge is 2.14. The zero-order chi connectivity index (χ0) is 11.5. The normalized spacial score (nSPS) is 12.7. The van der Waals surface area contributed by atoms with Gasteiger partial charge in [-0.05, 0) is 45.8 Å². The Morgan fingerprint density at radius 3 is 2.69 bits per heavy atom. The fourth-order valence-corrected chi connectivity index (χ4v) is 3.02. The average Bonchev–Trinajstić information content (AvgIpc) is 2.66. The summed E-state index contributed by atoms with van der Waals surface area (Å²) in [5.41, 5.74) is 3.51. The van der Waals surface area contributed by atoms with Gasteiger partial charge in [0.2, 0.25) is 0 Å². The second-order valence-electron chi connectivity index (χ2n) is 3.30. The van der Waals surface area contributed by atoms with Crippen LogP contribution in [-0.4, -0.2) is 0 Å². The number of nitrogens with one attached hydrogen (secondary N) is 1. The summed E-state index contributed by atoms with van der Waals surface area (Å²) in [6.07, 6.45) is 0. The minimum atomic E-state index is -0.256. The van der Waals surface area contributed by atoms with Gasteiger partial charge in [-0.3, -0.25) is 5.84 Å². The van der Waals surface area contributed by atoms with E-state index in [0.717, 1.165) is 14.2 Å². The fraction of sp³-hybridized carbons (Fsp3) is 0.0909. The third-order valence-electron chi connectivity index (χ3n) is 2.23. The number of rotatable bonds is 3. The molecule has 0 fully saturated rings. The van der Waals surface area contributed by atoms with E-state index in [0.29, 0.717) is 0 Å². The van der Waals surface area contributed by atoms with Gasteiger partial charge >= 0.3 is 0 Å². The van der Waals surface area contributed by atoms with E-state index < -0.39 is 0 Å². The van der Waals surface area contributed by atoms with Crippen LogP contribution in [0.3, 0.4) is 0 Å². The van der Waals surface area contributed by atoms with Gasteiger partial charge in [0.15, 0.2) is 0 Å². The van der Waals surface area contributed by atoms with Crippen LogP contribution in [0.2, 0.25) is 0 Å². The number of nitrogens with two attached hydrogens (primary N) is 1. The standard InChI is InChI=1S/C11H10BrFN2S/c12-10-5-4-9(16-10)11(15-14)7-2-1-3-8(13)6-7/h1-6,11,15H,14H2. The summed E-state index contributed by atoms with van der Waals surface area (Å²) in [5.74, 6) is 5.26. The van der Waals surface area contributed by atoms with Crippen LogP contribution < -0.4 is 11.3 Å². The lowest BCUT2D eigenvalue weighted by Crippen LogP contribution is -2.28. The Kier molecular flexibility index (Phi) is 3.70. The maximum absolute atomic E-state index is 13.1. The van der Waals surface area contributed by atoms with E-state index in [1.54, 1.807) is 17.4 Å². The topological polar surface area (TPSA) is 38.0 Å². The van der Waals surface area contributed by atoms with Crippen LogP contribution in [0, 0.1) is 5.82 Å². The Morgan fingerprint density at radius 2 is 2.12 bits per heavy atom. The summed E-state index contributed by atoms with van der Waals surface area (Å²) >= 11 is 4.97. The van der Waals surface area contributed by atoms with Crippen molar-refractivity contribution in [1.29, 1.82) is 0 Å². The van der Waals surface area contributed by atoms with Crippen molar-refractivity contribution in [3.05, 3.63) is 56.4 Å². The van der Waals surface area contributed by atoms with Gasteiger partial charge in [0.1, 0.15) is 5.82 Å². The van der Waals surface area contributed by atoms with Crippen molar-refractivity contribution < 1.29 is 4.39 Å². The molecule has 1 unspecified atom stereocenters. The predicted molar refractivity (Wildman–Crippen MR) is 67.6 cm³/mol. The van der Waals surface area contributed by atoms with Crippen molar-refractivity contribution in [2.24, 2.45) is 5.84 Å². The third kappa shape index (κ3) is 2.49. The summed E-state index contributed by atoms with van der Waals surface area (Å²) in [7, 11) is 0. The number of hydrogen-bond acceptors (Lipinski definition) is 3. The molecule has 16 heavy (non-hydrogen) atoms. The molecule has 0 aliphatic heterocycles. The lowest BCUT2D eigenvalue weighted by Gasteiger charge is -2.14. The van der Waals surface area contributed by atoms with E-state index in [-0.39, 0.29) is 11.9 Å². The maximum atomic E-state index is 13.1. The van der Waals surface area contributed by atoms with Gasteiger partial charge in [0.05, 0.1) is 9.83 Å². The Bertz CT molecular complexity index is 486. The fourth-order valence-electron chi connectivity index (χ4n) is 1.51. The molecule has 2 nitrogen and oxygen atoms in total. The molecule has 84 valence electrons. The molecule has 1 atom stereocenters. The van der Waals surface area contributed by atoms with Crippen molar-refractivity contribution in [3.63, 3.8) is 0 Å². The van der Waals surface area contributed by atoms with Crippen molar-refractivity contribution in [1.82, 2.24) is 5.43 Å². The molecule has 1 heterocycles. The highest BCUT2D eigenvalue weighted by molar-refractivity contribution is 9.11. The highest BCUT2D eigenvalue weighted by Crippen LogP contribution is 2.30. The van der Waals surface area contributed by atoms with Crippen LogP contribution in [0.5, 0.6) is 0 Å². The second kappa shape index (κ2) is 5.05. The van der Waals surface area contributed by atoms with Crippen molar-refractivity contribution in [2.45, 2.75) is 6.04 Å². The van der Waals surface area contributed by atoms with Crippen LogP contribution in [0.1, 0.15) is 16.5 Å². The summed E-state index contributed by atoms with van der Waals surface area (Å²) < 4.78 is 14.1. The quantitative estimate of drug-likeness (QED) is 0.675. The first-order valence-electron chi connectivity index (χ1n) is 4.67. The monoisotopic (exact) mass is 300 g/mol. The summed E-state index contributed by atoms with van der Waals surface area (Å²) in [4.78, 5) is 1.04. The van der Waals surface area contributed by atoms with E-state index >= 15 is 0 Å². The Labute approximate surface area is 105 Å². The minimum Gasteiger partial charge on any atom is -0.271 e. The smallest absolute Gasteiger partial charge is 0.123 e. The van der Waals surface area contributed by atoms with Crippen LogP contribution in [0.25, 0.3) is 0 Å². The molecule has 0 aliphatic carbocycles. The lowest BCUT2D eigenvalue weighted by molar-refractivity contribution is 0.609. The third-order valence-corrected chi connectivity index (χ3v) is 3.92. The predicted octanol–water partition coefficient (Wildman–Crippen LogP) is 3.20. The molecule has 2 aromatic rings. The summed E-state index contributed by atoms with van der Waals surface area (Å²) in [6.45, 7) is 0. The zero-order valence-electron chi connectivity index (χ0n) is 8.28. The molecule has 3 N–H and O–H groups in total. The Morgan fingerprint density at radius 1 is 1.31 bits per heavy atom. The average molecular weight is 301 g/mol. The van der Waals surface area contributed by atoms with Crippen LogP contribution in [0.15, 0.2) is 40.2 Å². The molecule has 0 saturated carbocycles. The highest BCUT2D eigenvalue weighted by atomic mass is 79.9. The minimum absolute atomic E-state index is 0.174. The number of hydrogen-bond donors (Lipinski definition) is 2. The molecule has 0 bridgehead atoms. The van der Waals surface area contributed by atoms with Gasteiger partial charge in [-0.15, -0.1) is 11.3 Å². The maximum Gasteiger partial charge on any atom is 0.123 e. The zero-order valence-corrected chi connectivity index (χ0v) is 10.7. The van der Waals surface area contributed by atoms with Gasteiger partial charge in [-0.25, -0.2) is 9.82 Å². The molecule has 0 amide bonds. The van der Waals surface area contributed by atoms with Gasteiger partial charge in [0, 0.05) is 4.88 Å². The van der Waals surface area contributed by atoms with Crippen molar-refractivity contribution >= 4 is 27.3 Å². The number of benzene rings is 1. The molecule has 1 aromatic heterocycles. The van der Waals surface area contributed by atoms with E-state index in [1.807, 2.05) is 18.2 Å². The van der Waals surface area contributed by atoms with E-state index in [1.165, 1.54) is 12.1 Å². The van der Waals surface area contributed by atoms with Crippen LogP contribution in [0.4, 0.5) is 4.39 Å². The van der Waals surface area contributed by atoms with Crippen molar-refractivity contribution in [2.75, 3.05) is 0 Å². The van der Waals surface area contributed by atoms with E-state index in [9.17, 15) is 4.39 Å². The number of hydrazine groups is 1. The molecule has 0 radical (unpaired) electrons. The first kappa shape index (κ1) is 11.7. The summed E-state index contributed by atoms with van der Waals surface area (Å²) in [5, 5.41) is 0. The molecule has 2 rings (SSSR count). The van der Waals surface area contributed by atoms with E-state index in [2.05, 4.69) is 21.4 Å². The summed E-state index contributed by atoms with van der Waals surface area (Å²) in [6, 6.07) is 10.2. The van der Waals surface area contributed by atoms with E-state index in [4.69, 9.17) is 5.84 Å². The molecular formula is C11H10BrFN2S. The lowest BCUT2D eigenvalue weighted by atomic mass is 10.1. The molecule has 0 spiro atoms. The van der Waals surface area contributed by atoms with Crippen LogP contribution in [-0.2, 0) is 0 Å². The van der Waals surface area contributed by atoms with Crippen LogP contribution >= 0.6 is 27.3 Å². The number of thiophene rings is 1. The number of halogens is 2. The van der Waals surface area contributed by atoms with Crippen molar-refractivity contribution in [3.8, 4) is 0 Å². The Balaban J connectivity index is 2.36. The molecule has 1 aromatic carbocycles. The molecule has 0 aliphatic rings. The van der Waals surface area contributed by atoms with Gasteiger partial charge in [-0.1, -0.05) is 12.1 Å². The molecule has 5 heteroatoms. The first-order valence-corrected chi connectivity index (χ1v) is 6.28. The second-order valence-corrected chi connectivity index (χ2v) is 5.79. The Hall–Kier alpha value is -0.750. The van der Waals surface area contributed by atoms with Gasteiger partial charge in [0.25, 0.3) is 0 Å².